The Hall–Kier alpha value is -1.26. The molecule has 0 unspecified atom stereocenters. The molecule has 0 amide bonds. The predicted molar refractivity (Wildman–Crippen MR) is 53.2 cm³/mol. The second-order valence-corrected chi connectivity index (χ2v) is 3.11. The highest BCUT2D eigenvalue weighted by molar-refractivity contribution is 5.49. The maximum atomic E-state index is 9.54. The standard InChI is InChI=1S/C10H15NO3/c1-2-6-7(9(13)5-11)3-4-8(12)10(6)14/h3-4,9,12-14H,2,5,11H2,1H3/t9-/m1/s1. The van der Waals surface area contributed by atoms with Crippen molar-refractivity contribution in [2.24, 2.45) is 5.73 Å². The third-order valence-electron chi connectivity index (χ3n) is 2.23. The number of benzene rings is 1. The molecule has 4 heteroatoms. The molecule has 0 spiro atoms. The van der Waals surface area contributed by atoms with Crippen LogP contribution in [0.4, 0.5) is 0 Å². The van der Waals surface area contributed by atoms with Crippen LogP contribution in [-0.4, -0.2) is 21.9 Å². The fourth-order valence-corrected chi connectivity index (χ4v) is 1.45. The number of aliphatic hydroxyl groups is 1. The summed E-state index contributed by atoms with van der Waals surface area (Å²) in [5.41, 5.74) is 6.44. The molecular formula is C10H15NO3. The molecule has 0 radical (unpaired) electrons. The zero-order valence-electron chi connectivity index (χ0n) is 8.07. The Bertz CT molecular complexity index is 325. The molecule has 0 heterocycles. The number of aliphatic hydroxyl groups excluding tert-OH is 1. The van der Waals surface area contributed by atoms with Crippen molar-refractivity contribution in [2.45, 2.75) is 19.4 Å². The van der Waals surface area contributed by atoms with E-state index in [2.05, 4.69) is 0 Å². The first-order valence-corrected chi connectivity index (χ1v) is 4.53. The molecule has 0 aromatic heterocycles. The summed E-state index contributed by atoms with van der Waals surface area (Å²) in [5, 5.41) is 28.3. The molecule has 78 valence electrons. The second-order valence-electron chi connectivity index (χ2n) is 3.11. The summed E-state index contributed by atoms with van der Waals surface area (Å²) in [4.78, 5) is 0. The number of hydrogen-bond acceptors (Lipinski definition) is 4. The lowest BCUT2D eigenvalue weighted by Gasteiger charge is -2.14. The molecule has 0 aliphatic heterocycles. The summed E-state index contributed by atoms with van der Waals surface area (Å²) in [6, 6.07) is 2.92. The van der Waals surface area contributed by atoms with Gasteiger partial charge in [-0.1, -0.05) is 13.0 Å². The molecule has 0 bridgehead atoms. The van der Waals surface area contributed by atoms with Crippen molar-refractivity contribution in [2.75, 3.05) is 6.54 Å². The normalized spacial score (nSPS) is 12.8. The number of phenols is 2. The topological polar surface area (TPSA) is 86.7 Å². The first-order valence-electron chi connectivity index (χ1n) is 4.53. The molecule has 0 saturated carbocycles. The van der Waals surface area contributed by atoms with Crippen LogP contribution in [-0.2, 0) is 6.42 Å². The lowest BCUT2D eigenvalue weighted by atomic mass is 9.99. The number of rotatable bonds is 3. The summed E-state index contributed by atoms with van der Waals surface area (Å²) < 4.78 is 0. The Labute approximate surface area is 82.6 Å². The number of aromatic hydroxyl groups is 2. The lowest BCUT2D eigenvalue weighted by Crippen LogP contribution is -2.13. The van der Waals surface area contributed by atoms with Gasteiger partial charge in [0.1, 0.15) is 0 Å². The van der Waals surface area contributed by atoms with E-state index in [0.29, 0.717) is 17.5 Å². The van der Waals surface area contributed by atoms with Crippen LogP contribution < -0.4 is 5.73 Å². The Morgan fingerprint density at radius 2 is 2.00 bits per heavy atom. The van der Waals surface area contributed by atoms with E-state index in [-0.39, 0.29) is 18.0 Å². The summed E-state index contributed by atoms with van der Waals surface area (Å²) in [5.74, 6) is -0.340. The summed E-state index contributed by atoms with van der Waals surface area (Å²) in [6.45, 7) is 1.93. The summed E-state index contributed by atoms with van der Waals surface area (Å²) >= 11 is 0. The van der Waals surface area contributed by atoms with Gasteiger partial charge < -0.3 is 21.1 Å². The van der Waals surface area contributed by atoms with Crippen LogP contribution in [0.25, 0.3) is 0 Å². The average molecular weight is 197 g/mol. The van der Waals surface area contributed by atoms with Gasteiger partial charge in [0.25, 0.3) is 0 Å². The zero-order chi connectivity index (χ0) is 10.7. The van der Waals surface area contributed by atoms with Gasteiger partial charge in [0.2, 0.25) is 0 Å². The molecule has 1 rings (SSSR count). The molecular weight excluding hydrogens is 182 g/mol. The lowest BCUT2D eigenvalue weighted by molar-refractivity contribution is 0.185. The third kappa shape index (κ3) is 1.81. The van der Waals surface area contributed by atoms with Crippen molar-refractivity contribution >= 4 is 0 Å². The molecule has 5 N–H and O–H groups in total. The van der Waals surface area contributed by atoms with Crippen molar-refractivity contribution in [3.05, 3.63) is 23.3 Å². The highest BCUT2D eigenvalue weighted by Crippen LogP contribution is 2.34. The maximum absolute atomic E-state index is 9.54. The fourth-order valence-electron chi connectivity index (χ4n) is 1.45. The molecule has 14 heavy (non-hydrogen) atoms. The third-order valence-corrected chi connectivity index (χ3v) is 2.23. The van der Waals surface area contributed by atoms with E-state index in [1.54, 1.807) is 6.07 Å². The van der Waals surface area contributed by atoms with Crippen LogP contribution in [0.1, 0.15) is 24.2 Å². The first kappa shape index (κ1) is 10.8. The van der Waals surface area contributed by atoms with Gasteiger partial charge >= 0.3 is 0 Å². The molecule has 0 aliphatic carbocycles. The zero-order valence-corrected chi connectivity index (χ0v) is 8.07. The minimum Gasteiger partial charge on any atom is -0.504 e. The largest absolute Gasteiger partial charge is 0.504 e. The fraction of sp³-hybridized carbons (Fsp3) is 0.400. The van der Waals surface area contributed by atoms with Crippen molar-refractivity contribution in [3.63, 3.8) is 0 Å². The van der Waals surface area contributed by atoms with Crippen molar-refractivity contribution < 1.29 is 15.3 Å². The number of hydrogen-bond donors (Lipinski definition) is 4. The van der Waals surface area contributed by atoms with Gasteiger partial charge in [0.05, 0.1) is 6.10 Å². The molecule has 1 aromatic carbocycles. The van der Waals surface area contributed by atoms with Crippen LogP contribution in [0.2, 0.25) is 0 Å². The van der Waals surface area contributed by atoms with Crippen LogP contribution in [0, 0.1) is 0 Å². The SMILES string of the molecule is CCc1c([C@H](O)CN)ccc(O)c1O. The summed E-state index contributed by atoms with van der Waals surface area (Å²) in [6.07, 6.45) is -0.261. The Balaban J connectivity index is 3.23. The van der Waals surface area contributed by atoms with Crippen LogP contribution >= 0.6 is 0 Å². The van der Waals surface area contributed by atoms with Crippen molar-refractivity contribution in [1.29, 1.82) is 0 Å². The van der Waals surface area contributed by atoms with Crippen LogP contribution in [0.3, 0.4) is 0 Å². The maximum Gasteiger partial charge on any atom is 0.161 e. The highest BCUT2D eigenvalue weighted by atomic mass is 16.3. The quantitative estimate of drug-likeness (QED) is 0.536. The average Bonchev–Trinajstić information content (AvgIpc) is 2.20. The van der Waals surface area contributed by atoms with Gasteiger partial charge in [0, 0.05) is 12.1 Å². The number of phenolic OH excluding ortho intramolecular Hbond substituents is 2. The van der Waals surface area contributed by atoms with Crippen molar-refractivity contribution in [1.82, 2.24) is 0 Å². The molecule has 1 atom stereocenters. The van der Waals surface area contributed by atoms with Gasteiger partial charge in [-0.25, -0.2) is 0 Å². The van der Waals surface area contributed by atoms with E-state index in [0.717, 1.165) is 0 Å². The van der Waals surface area contributed by atoms with E-state index < -0.39 is 6.10 Å². The molecule has 4 nitrogen and oxygen atoms in total. The van der Waals surface area contributed by atoms with Crippen LogP contribution in [0.5, 0.6) is 11.5 Å². The monoisotopic (exact) mass is 197 g/mol. The Morgan fingerprint density at radius 3 is 2.50 bits per heavy atom. The molecule has 1 aromatic rings. The molecule has 0 saturated heterocycles. The predicted octanol–water partition coefficient (Wildman–Crippen LogP) is 0.652. The van der Waals surface area contributed by atoms with Gasteiger partial charge in [-0.05, 0) is 18.1 Å². The molecule has 0 aliphatic rings. The van der Waals surface area contributed by atoms with Gasteiger partial charge in [-0.3, -0.25) is 0 Å². The Kier molecular flexibility index (Phi) is 3.33. The minimum absolute atomic E-state index is 0.0945. The second kappa shape index (κ2) is 4.30. The first-order chi connectivity index (χ1) is 6.61. The smallest absolute Gasteiger partial charge is 0.161 e. The van der Waals surface area contributed by atoms with Crippen LogP contribution in [0.15, 0.2) is 12.1 Å². The summed E-state index contributed by atoms with van der Waals surface area (Å²) in [7, 11) is 0. The van der Waals surface area contributed by atoms with Gasteiger partial charge in [0.15, 0.2) is 11.5 Å². The number of nitrogens with two attached hydrogens (primary N) is 1. The van der Waals surface area contributed by atoms with Crippen molar-refractivity contribution in [3.8, 4) is 11.5 Å². The van der Waals surface area contributed by atoms with E-state index in [1.165, 1.54) is 6.07 Å². The van der Waals surface area contributed by atoms with E-state index in [9.17, 15) is 15.3 Å². The van der Waals surface area contributed by atoms with E-state index in [4.69, 9.17) is 5.73 Å². The van der Waals surface area contributed by atoms with Gasteiger partial charge in [-0.15, -0.1) is 0 Å². The van der Waals surface area contributed by atoms with Gasteiger partial charge in [-0.2, -0.15) is 0 Å². The van der Waals surface area contributed by atoms with E-state index >= 15 is 0 Å². The van der Waals surface area contributed by atoms with E-state index in [1.807, 2.05) is 6.92 Å². The Morgan fingerprint density at radius 1 is 1.36 bits per heavy atom. The minimum atomic E-state index is -0.795. The molecule has 0 fully saturated rings. The highest BCUT2D eigenvalue weighted by Gasteiger charge is 2.15.